The molecule has 0 radical (unpaired) electrons. The lowest BCUT2D eigenvalue weighted by Crippen LogP contribution is -2.75. The van der Waals surface area contributed by atoms with Gasteiger partial charge in [-0.1, -0.05) is 46.3 Å². The van der Waals surface area contributed by atoms with Crippen LogP contribution in [-0.4, -0.2) is 53.6 Å². The number of alkyl halides is 1. The van der Waals surface area contributed by atoms with Crippen LogP contribution in [-0.2, 0) is 30.6 Å². The highest BCUT2D eigenvalue weighted by Crippen LogP contribution is 2.36. The minimum atomic E-state index is -3.84. The Hall–Kier alpha value is -2.20. The van der Waals surface area contributed by atoms with Crippen LogP contribution >= 0.6 is 15.9 Å². The van der Waals surface area contributed by atoms with Gasteiger partial charge < -0.3 is 15.2 Å². The summed E-state index contributed by atoms with van der Waals surface area (Å²) >= 11 is 3.03. The Kier molecular flexibility index (Phi) is 4.89. The summed E-state index contributed by atoms with van der Waals surface area (Å²) in [5.74, 6) is -3.44. The maximum Gasteiger partial charge on any atom is 0.254 e. The third-order valence-corrected chi connectivity index (χ3v) is 6.89. The number of carboxylic acid groups (broad SMARTS) is 1. The third-order valence-electron chi connectivity index (χ3n) is 4.24. The molecule has 1 fully saturated rings. The van der Waals surface area contributed by atoms with Crippen molar-refractivity contribution in [2.45, 2.75) is 17.8 Å². The molecule has 26 heavy (non-hydrogen) atoms. The zero-order valence-electron chi connectivity index (χ0n) is 13.3. The van der Waals surface area contributed by atoms with Crippen LogP contribution in [0.1, 0.15) is 5.56 Å². The normalized spacial score (nSPS) is 23.9. The van der Waals surface area contributed by atoms with Crippen LogP contribution in [0.15, 0.2) is 41.6 Å². The summed E-state index contributed by atoms with van der Waals surface area (Å²) in [6.45, 7) is 0. The molecule has 1 aromatic carbocycles. The molecule has 1 N–H and O–H groups in total. The molecule has 2 heterocycles. The number of nitrogens with one attached hydrogen (secondary N) is 1. The zero-order chi connectivity index (χ0) is 19.1. The van der Waals surface area contributed by atoms with E-state index in [1.165, 1.54) is 0 Å². The van der Waals surface area contributed by atoms with E-state index >= 15 is 0 Å². The van der Waals surface area contributed by atoms with Gasteiger partial charge in [-0.15, -0.1) is 0 Å². The first-order chi connectivity index (χ1) is 12.3. The number of carboxylic acids is 1. The van der Waals surface area contributed by atoms with E-state index in [2.05, 4.69) is 21.2 Å². The summed E-state index contributed by atoms with van der Waals surface area (Å²) in [4.78, 5) is 36.6. The van der Waals surface area contributed by atoms with Gasteiger partial charge in [-0.3, -0.25) is 14.5 Å². The third kappa shape index (κ3) is 3.14. The van der Waals surface area contributed by atoms with Crippen molar-refractivity contribution in [3.8, 4) is 0 Å². The molecule has 0 bridgehead atoms. The van der Waals surface area contributed by atoms with Gasteiger partial charge in [-0.25, -0.2) is 8.42 Å². The molecule has 0 unspecified atom stereocenters. The summed E-state index contributed by atoms with van der Waals surface area (Å²) < 4.78 is 24.9. The van der Waals surface area contributed by atoms with E-state index in [0.29, 0.717) is 10.5 Å². The fraction of sp³-hybridized carbons (Fsp3) is 0.312. The fourth-order valence-corrected chi connectivity index (χ4v) is 5.87. The molecule has 10 heteroatoms. The molecule has 3 rings (SSSR count). The predicted octanol–water partition coefficient (Wildman–Crippen LogP) is -1.29. The number of sulfone groups is 1. The van der Waals surface area contributed by atoms with E-state index in [4.69, 9.17) is 0 Å². The lowest BCUT2D eigenvalue weighted by atomic mass is 10.0. The van der Waals surface area contributed by atoms with Crippen molar-refractivity contribution in [1.29, 1.82) is 0 Å². The predicted molar refractivity (Wildman–Crippen MR) is 92.3 cm³/mol. The fourth-order valence-electron chi connectivity index (χ4n) is 3.12. The number of β-lactam (4-membered cyclic amide) rings is 1. The van der Waals surface area contributed by atoms with E-state index in [-0.39, 0.29) is 17.3 Å². The molecular weight excluding hydrogens is 428 g/mol. The minimum Gasteiger partial charge on any atom is -0.543 e. The topological polar surface area (TPSA) is 124 Å². The summed E-state index contributed by atoms with van der Waals surface area (Å²) in [6, 6.07) is 7.45. The maximum atomic E-state index is 12.5. The monoisotopic (exact) mass is 441 g/mol. The second-order valence-electron chi connectivity index (χ2n) is 5.99. The molecule has 0 aliphatic carbocycles. The number of aliphatic carboxylic acids is 1. The van der Waals surface area contributed by atoms with Gasteiger partial charge in [0.2, 0.25) is 5.91 Å². The summed E-state index contributed by atoms with van der Waals surface area (Å²) in [6.07, 6.45) is -0.0206. The van der Waals surface area contributed by atoms with Crippen LogP contribution < -0.4 is 10.4 Å². The molecule has 138 valence electrons. The number of hydrogen-bond donors (Lipinski definition) is 1. The number of fused-ring (bicyclic) bond motifs is 1. The van der Waals surface area contributed by atoms with E-state index in [0.717, 1.165) is 0 Å². The van der Waals surface area contributed by atoms with Gasteiger partial charge in [0.1, 0.15) is 6.04 Å². The minimum absolute atomic E-state index is 0.0168. The van der Waals surface area contributed by atoms with E-state index in [9.17, 15) is 27.9 Å². The van der Waals surface area contributed by atoms with Crippen LogP contribution in [0.2, 0.25) is 0 Å². The lowest BCUT2D eigenvalue weighted by molar-refractivity contribution is -0.301. The molecule has 2 atom stereocenters. The summed E-state index contributed by atoms with van der Waals surface area (Å²) in [5.41, 5.74) is 0.306. The zero-order valence-corrected chi connectivity index (χ0v) is 15.7. The van der Waals surface area contributed by atoms with Gasteiger partial charge in [0.25, 0.3) is 5.91 Å². The van der Waals surface area contributed by atoms with Crippen LogP contribution in [0, 0.1) is 0 Å². The van der Waals surface area contributed by atoms with Crippen molar-refractivity contribution >= 4 is 43.6 Å². The standard InChI is InChI=1S/C16H15BrN2O6S/c17-7-10-8-26(24,25)15-12(14(21)19(15)13(10)16(22)23)18-11(20)6-9-4-2-1-3-5-9/h1-5,12,15H,6-8H2,(H,18,20)(H,22,23)/p-1/t12-,15-/m1/s1. The SMILES string of the molecule is O=C(Cc1ccccc1)N[C@@H]1C(=O)N2C(C(=O)[O-])=C(CBr)CS(=O)(=O)[C@H]12. The maximum absolute atomic E-state index is 12.5. The number of halogens is 1. The average molecular weight is 442 g/mol. The van der Waals surface area contributed by atoms with Crippen molar-refractivity contribution in [2.75, 3.05) is 11.1 Å². The molecule has 2 amide bonds. The number of hydrogen-bond acceptors (Lipinski definition) is 6. The summed E-state index contributed by atoms with van der Waals surface area (Å²) in [5, 5.41) is 12.3. The number of amides is 2. The summed E-state index contributed by atoms with van der Waals surface area (Å²) in [7, 11) is -3.84. The van der Waals surface area contributed by atoms with Crippen LogP contribution in [0.3, 0.4) is 0 Å². The van der Waals surface area contributed by atoms with Gasteiger partial charge in [0, 0.05) is 5.33 Å². The van der Waals surface area contributed by atoms with Crippen molar-refractivity contribution in [3.63, 3.8) is 0 Å². The Balaban J connectivity index is 1.83. The van der Waals surface area contributed by atoms with Gasteiger partial charge in [-0.05, 0) is 11.1 Å². The molecular formula is C16H14BrN2O6S-. The Morgan fingerprint density at radius 3 is 2.50 bits per heavy atom. The molecule has 0 spiro atoms. The molecule has 8 nitrogen and oxygen atoms in total. The highest BCUT2D eigenvalue weighted by molar-refractivity contribution is 9.09. The van der Waals surface area contributed by atoms with Crippen LogP contribution in [0.5, 0.6) is 0 Å². The van der Waals surface area contributed by atoms with Crippen molar-refractivity contribution in [1.82, 2.24) is 10.2 Å². The molecule has 0 saturated carbocycles. The Morgan fingerprint density at radius 2 is 1.92 bits per heavy atom. The van der Waals surface area contributed by atoms with Gasteiger partial charge in [0.15, 0.2) is 15.2 Å². The van der Waals surface area contributed by atoms with Crippen molar-refractivity contribution < 1.29 is 27.9 Å². The van der Waals surface area contributed by atoms with E-state index < -0.39 is 50.5 Å². The van der Waals surface area contributed by atoms with Gasteiger partial charge in [-0.2, -0.15) is 0 Å². The molecule has 1 aromatic rings. The van der Waals surface area contributed by atoms with Crippen LogP contribution in [0.4, 0.5) is 0 Å². The Bertz CT molecular complexity index is 912. The van der Waals surface area contributed by atoms with Crippen molar-refractivity contribution in [2.24, 2.45) is 0 Å². The highest BCUT2D eigenvalue weighted by atomic mass is 79.9. The van der Waals surface area contributed by atoms with E-state index in [1.54, 1.807) is 30.3 Å². The molecule has 0 aromatic heterocycles. The van der Waals surface area contributed by atoms with E-state index in [1.807, 2.05) is 0 Å². The Labute approximate surface area is 157 Å². The smallest absolute Gasteiger partial charge is 0.254 e. The number of rotatable bonds is 5. The van der Waals surface area contributed by atoms with Gasteiger partial charge >= 0.3 is 0 Å². The second kappa shape index (κ2) is 6.84. The van der Waals surface area contributed by atoms with Crippen LogP contribution in [0.25, 0.3) is 0 Å². The Morgan fingerprint density at radius 1 is 1.27 bits per heavy atom. The number of carbonyl (C=O) groups is 3. The van der Waals surface area contributed by atoms with Gasteiger partial charge in [0.05, 0.1) is 23.8 Å². The largest absolute Gasteiger partial charge is 0.543 e. The lowest BCUT2D eigenvalue weighted by Gasteiger charge is -2.50. The first-order valence-corrected chi connectivity index (χ1v) is 10.5. The highest BCUT2D eigenvalue weighted by Gasteiger charge is 2.59. The van der Waals surface area contributed by atoms with Crippen molar-refractivity contribution in [3.05, 3.63) is 47.2 Å². The molecule has 1 saturated heterocycles. The molecule has 2 aliphatic heterocycles. The number of benzene rings is 1. The second-order valence-corrected chi connectivity index (χ2v) is 8.64. The first-order valence-electron chi connectivity index (χ1n) is 7.63. The number of carbonyl (C=O) groups excluding carboxylic acids is 3. The first kappa shape index (κ1) is 18.6. The quantitative estimate of drug-likeness (QED) is 0.447. The number of nitrogens with zero attached hydrogens (tertiary/aromatic N) is 1. The average Bonchev–Trinajstić information content (AvgIpc) is 2.58. The molecule has 2 aliphatic rings.